The van der Waals surface area contributed by atoms with Crippen molar-refractivity contribution in [2.24, 2.45) is 0 Å². The molecular formula is C7H10F3N3OS2. The van der Waals surface area contributed by atoms with Crippen LogP contribution >= 0.6 is 23.3 Å². The number of hydrogen-bond acceptors (Lipinski definition) is 6. The molecule has 16 heavy (non-hydrogen) atoms. The molecule has 0 amide bonds. The van der Waals surface area contributed by atoms with Crippen molar-refractivity contribution in [1.82, 2.24) is 4.37 Å². The summed E-state index contributed by atoms with van der Waals surface area (Å²) < 4.78 is 44.2. The van der Waals surface area contributed by atoms with Gasteiger partial charge in [0, 0.05) is 12.3 Å². The highest BCUT2D eigenvalue weighted by atomic mass is 32.2. The molecule has 1 aromatic heterocycles. The van der Waals surface area contributed by atoms with E-state index in [1.807, 2.05) is 0 Å². The highest BCUT2D eigenvalue weighted by Gasteiger charge is 2.27. The average molecular weight is 273 g/mol. The van der Waals surface area contributed by atoms with Crippen molar-refractivity contribution in [3.63, 3.8) is 0 Å². The number of aromatic nitrogens is 1. The van der Waals surface area contributed by atoms with Crippen molar-refractivity contribution in [2.75, 3.05) is 30.5 Å². The third kappa shape index (κ3) is 3.97. The molecule has 0 spiro atoms. The minimum absolute atomic E-state index is 0.0773. The van der Waals surface area contributed by atoms with Gasteiger partial charge in [0.2, 0.25) is 0 Å². The van der Waals surface area contributed by atoms with Crippen LogP contribution in [0.3, 0.4) is 0 Å². The van der Waals surface area contributed by atoms with Crippen LogP contribution in [0.4, 0.5) is 24.0 Å². The quantitative estimate of drug-likeness (QED) is 0.807. The summed E-state index contributed by atoms with van der Waals surface area (Å²) in [5.74, 6) is 0.533. The highest BCUT2D eigenvalue weighted by Crippen LogP contribution is 2.35. The normalized spacial score (nSPS) is 11.5. The molecule has 9 heteroatoms. The Balaban J connectivity index is 2.37. The van der Waals surface area contributed by atoms with Crippen molar-refractivity contribution in [3.05, 3.63) is 0 Å². The number of nitrogen functional groups attached to an aromatic ring is 1. The van der Waals surface area contributed by atoms with E-state index in [1.54, 1.807) is 0 Å². The predicted molar refractivity (Wildman–Crippen MR) is 60.1 cm³/mol. The lowest BCUT2D eigenvalue weighted by molar-refractivity contribution is -0.0327. The van der Waals surface area contributed by atoms with Crippen molar-refractivity contribution in [1.29, 1.82) is 0 Å². The summed E-state index contributed by atoms with van der Waals surface area (Å²) in [4.78, 5) is 0. The maximum Gasteiger partial charge on any atom is 0.441 e. The Kier molecular flexibility index (Phi) is 4.54. The summed E-state index contributed by atoms with van der Waals surface area (Å²) in [5, 5.41) is 3.33. The van der Waals surface area contributed by atoms with Gasteiger partial charge < -0.3 is 15.8 Å². The fourth-order valence-electron chi connectivity index (χ4n) is 0.935. The van der Waals surface area contributed by atoms with Gasteiger partial charge in [-0.1, -0.05) is 0 Å². The summed E-state index contributed by atoms with van der Waals surface area (Å²) in [6, 6.07) is 0. The van der Waals surface area contributed by atoms with E-state index in [1.165, 1.54) is 7.11 Å². The monoisotopic (exact) mass is 273 g/mol. The lowest BCUT2D eigenvalue weighted by Crippen LogP contribution is -2.09. The molecule has 0 radical (unpaired) electrons. The van der Waals surface area contributed by atoms with Gasteiger partial charge in [-0.2, -0.15) is 17.5 Å². The Labute approximate surface area is 98.5 Å². The number of halogens is 3. The number of thioether (sulfide) groups is 1. The van der Waals surface area contributed by atoms with E-state index in [4.69, 9.17) is 10.5 Å². The third-order valence-corrected chi connectivity index (χ3v) is 3.07. The maximum atomic E-state index is 11.8. The summed E-state index contributed by atoms with van der Waals surface area (Å²) in [7, 11) is 1.43. The Bertz CT molecular complexity index is 342. The highest BCUT2D eigenvalue weighted by molar-refractivity contribution is 8.00. The van der Waals surface area contributed by atoms with E-state index in [0.29, 0.717) is 10.8 Å². The second-order valence-corrected chi connectivity index (χ2v) is 4.58. The SMILES string of the molecule is COc1c(N)nsc1NCCSC(F)(F)F. The van der Waals surface area contributed by atoms with Crippen molar-refractivity contribution >= 4 is 34.1 Å². The lowest BCUT2D eigenvalue weighted by atomic mass is 10.5. The zero-order valence-corrected chi connectivity index (χ0v) is 9.93. The number of methoxy groups -OCH3 is 1. The van der Waals surface area contributed by atoms with Gasteiger partial charge in [-0.15, -0.1) is 0 Å². The molecule has 1 aromatic rings. The maximum absolute atomic E-state index is 11.8. The first-order valence-corrected chi connectivity index (χ1v) is 5.93. The number of anilines is 2. The standard InChI is InChI=1S/C7H10F3N3OS2/c1-14-4-5(11)13-16-6(4)12-2-3-15-7(8,9)10/h12H,2-3H2,1H3,(H2,11,13). The van der Waals surface area contributed by atoms with E-state index in [0.717, 1.165) is 11.5 Å². The molecule has 3 N–H and O–H groups in total. The minimum Gasteiger partial charge on any atom is -0.490 e. The molecule has 1 rings (SSSR count). The first-order chi connectivity index (χ1) is 7.44. The number of nitrogens with one attached hydrogen (secondary N) is 1. The molecule has 4 nitrogen and oxygen atoms in total. The first kappa shape index (κ1) is 13.2. The van der Waals surface area contributed by atoms with Crippen LogP contribution in [0.15, 0.2) is 0 Å². The first-order valence-electron chi connectivity index (χ1n) is 4.17. The molecule has 0 atom stereocenters. The zero-order valence-electron chi connectivity index (χ0n) is 8.30. The topological polar surface area (TPSA) is 60.2 Å². The van der Waals surface area contributed by atoms with Crippen LogP contribution in [0.2, 0.25) is 0 Å². The van der Waals surface area contributed by atoms with Gasteiger partial charge in [0.1, 0.15) is 0 Å². The fraction of sp³-hybridized carbons (Fsp3) is 0.571. The molecule has 0 bridgehead atoms. The molecular weight excluding hydrogens is 263 g/mol. The number of alkyl halides is 3. The Morgan fingerprint density at radius 3 is 2.81 bits per heavy atom. The predicted octanol–water partition coefficient (Wildman–Crippen LogP) is 2.40. The van der Waals surface area contributed by atoms with Crippen LogP contribution in [0, 0.1) is 0 Å². The van der Waals surface area contributed by atoms with Crippen molar-refractivity contribution in [2.45, 2.75) is 5.51 Å². The minimum atomic E-state index is -4.20. The summed E-state index contributed by atoms with van der Waals surface area (Å²) in [6.07, 6.45) is 0. The van der Waals surface area contributed by atoms with Crippen LogP contribution in [-0.4, -0.2) is 29.3 Å². The van der Waals surface area contributed by atoms with Gasteiger partial charge in [0.15, 0.2) is 16.6 Å². The Morgan fingerprint density at radius 1 is 1.56 bits per heavy atom. The second kappa shape index (κ2) is 5.48. The molecule has 0 aliphatic heterocycles. The van der Waals surface area contributed by atoms with Gasteiger partial charge in [0.25, 0.3) is 0 Å². The molecule has 0 aromatic carbocycles. The van der Waals surface area contributed by atoms with Gasteiger partial charge in [-0.25, -0.2) is 0 Å². The number of nitrogens with zero attached hydrogens (tertiary/aromatic N) is 1. The molecule has 0 saturated heterocycles. The molecule has 92 valence electrons. The largest absolute Gasteiger partial charge is 0.490 e. The van der Waals surface area contributed by atoms with E-state index in [9.17, 15) is 13.2 Å². The molecule has 1 heterocycles. The van der Waals surface area contributed by atoms with E-state index < -0.39 is 5.51 Å². The number of ether oxygens (including phenoxy) is 1. The van der Waals surface area contributed by atoms with Crippen LogP contribution in [0.5, 0.6) is 5.75 Å². The van der Waals surface area contributed by atoms with E-state index >= 15 is 0 Å². The van der Waals surface area contributed by atoms with Gasteiger partial charge in [0.05, 0.1) is 7.11 Å². The second-order valence-electron chi connectivity index (χ2n) is 2.65. The summed E-state index contributed by atoms with van der Waals surface area (Å²) in [5.41, 5.74) is 1.28. The van der Waals surface area contributed by atoms with Crippen molar-refractivity contribution in [3.8, 4) is 5.75 Å². The summed E-state index contributed by atoms with van der Waals surface area (Å²) >= 11 is 0.980. The molecule has 0 unspecified atom stereocenters. The molecule has 0 saturated carbocycles. The smallest absolute Gasteiger partial charge is 0.441 e. The Hall–Kier alpha value is -0.830. The van der Waals surface area contributed by atoms with Gasteiger partial charge in [-0.3, -0.25) is 0 Å². The van der Waals surface area contributed by atoms with Gasteiger partial charge in [-0.05, 0) is 23.3 Å². The fourth-order valence-corrected chi connectivity index (χ4v) is 2.08. The van der Waals surface area contributed by atoms with E-state index in [2.05, 4.69) is 9.69 Å². The van der Waals surface area contributed by atoms with E-state index in [-0.39, 0.29) is 29.9 Å². The number of rotatable bonds is 5. The van der Waals surface area contributed by atoms with Crippen LogP contribution in [0.1, 0.15) is 0 Å². The van der Waals surface area contributed by atoms with Gasteiger partial charge >= 0.3 is 5.51 Å². The van der Waals surface area contributed by atoms with Crippen molar-refractivity contribution < 1.29 is 17.9 Å². The van der Waals surface area contributed by atoms with Crippen LogP contribution in [-0.2, 0) is 0 Å². The average Bonchev–Trinajstić information content (AvgIpc) is 2.52. The Morgan fingerprint density at radius 2 is 2.25 bits per heavy atom. The zero-order chi connectivity index (χ0) is 12.2. The number of hydrogen-bond donors (Lipinski definition) is 2. The summed E-state index contributed by atoms with van der Waals surface area (Å²) in [6.45, 7) is 0.169. The molecule has 0 aliphatic carbocycles. The molecule has 0 aliphatic rings. The molecule has 0 fully saturated rings. The van der Waals surface area contributed by atoms with Crippen LogP contribution < -0.4 is 15.8 Å². The number of nitrogens with two attached hydrogens (primary N) is 1. The van der Waals surface area contributed by atoms with Crippen LogP contribution in [0.25, 0.3) is 0 Å². The lowest BCUT2D eigenvalue weighted by Gasteiger charge is -2.07. The third-order valence-electron chi connectivity index (χ3n) is 1.53.